The van der Waals surface area contributed by atoms with Crippen molar-refractivity contribution in [2.24, 2.45) is 0 Å². The summed E-state index contributed by atoms with van der Waals surface area (Å²) in [5.41, 5.74) is 3.45. The van der Waals surface area contributed by atoms with Gasteiger partial charge in [-0.15, -0.1) is 0 Å². The van der Waals surface area contributed by atoms with Gasteiger partial charge in [-0.05, 0) is 55.8 Å². The van der Waals surface area contributed by atoms with Crippen LogP contribution in [0, 0.1) is 0 Å². The third kappa shape index (κ3) is 4.45. The van der Waals surface area contributed by atoms with Gasteiger partial charge >= 0.3 is 0 Å². The number of carbonyl (C=O) groups is 2. The Labute approximate surface area is 198 Å². The number of benzene rings is 2. The second-order valence-electron chi connectivity index (χ2n) is 8.68. The van der Waals surface area contributed by atoms with Crippen LogP contribution in [0.3, 0.4) is 0 Å². The van der Waals surface area contributed by atoms with E-state index in [1.807, 2.05) is 30.5 Å². The second-order valence-corrected chi connectivity index (χ2v) is 9.12. The number of pyridine rings is 1. The van der Waals surface area contributed by atoms with E-state index in [0.29, 0.717) is 17.1 Å². The molecule has 0 radical (unpaired) electrons. The minimum absolute atomic E-state index is 0.381. The molecule has 0 N–H and O–H groups in total. The van der Waals surface area contributed by atoms with Crippen molar-refractivity contribution in [2.45, 2.75) is 19.3 Å². The molecule has 0 aliphatic carbocycles. The number of unbranched alkanes of at least 4 members (excludes halogenated alkanes) is 2. The molecule has 3 aromatic rings. The molecule has 0 unspecified atom stereocenters. The first-order valence-corrected chi connectivity index (χ1v) is 12.0. The predicted molar refractivity (Wildman–Crippen MR) is 132 cm³/mol. The number of nitrogens with zero attached hydrogens (tertiary/aromatic N) is 4. The summed E-state index contributed by atoms with van der Waals surface area (Å²) in [7, 11) is 0. The van der Waals surface area contributed by atoms with Crippen LogP contribution in [0.15, 0.2) is 54.7 Å². The Morgan fingerprint density at radius 2 is 1.64 bits per heavy atom. The highest BCUT2D eigenvalue weighted by molar-refractivity contribution is 6.52. The van der Waals surface area contributed by atoms with Crippen LogP contribution in [0.25, 0.3) is 10.9 Å². The molecule has 1 aromatic heterocycles. The highest BCUT2D eigenvalue weighted by Crippen LogP contribution is 2.29. The van der Waals surface area contributed by atoms with Gasteiger partial charge in [-0.2, -0.15) is 0 Å². The van der Waals surface area contributed by atoms with Crippen LogP contribution in [-0.2, 0) is 4.79 Å². The number of para-hydroxylation sites is 1. The van der Waals surface area contributed by atoms with Gasteiger partial charge < -0.3 is 9.80 Å². The molecule has 2 aromatic carbocycles. The van der Waals surface area contributed by atoms with Crippen LogP contribution >= 0.6 is 11.6 Å². The maximum Gasteiger partial charge on any atom is 0.299 e. The van der Waals surface area contributed by atoms with Gasteiger partial charge in [-0.25, -0.2) is 0 Å². The molecule has 0 bridgehead atoms. The molecule has 2 aliphatic rings. The highest BCUT2D eigenvalue weighted by Gasteiger charge is 2.34. The molecule has 7 heteroatoms. The van der Waals surface area contributed by atoms with E-state index in [9.17, 15) is 9.59 Å². The van der Waals surface area contributed by atoms with Gasteiger partial charge in [0.1, 0.15) is 0 Å². The van der Waals surface area contributed by atoms with Crippen molar-refractivity contribution in [3.63, 3.8) is 0 Å². The van der Waals surface area contributed by atoms with E-state index < -0.39 is 5.91 Å². The quantitative estimate of drug-likeness (QED) is 0.384. The number of carbonyl (C=O) groups excluding carboxylic acids is 2. The number of aromatic nitrogens is 1. The Kier molecular flexibility index (Phi) is 6.29. The normalized spacial score (nSPS) is 16.6. The number of hydrogen-bond donors (Lipinski definition) is 0. The Bertz CT molecular complexity index is 1190. The topological polar surface area (TPSA) is 56.8 Å². The number of anilines is 2. The maximum absolute atomic E-state index is 12.3. The molecule has 0 spiro atoms. The zero-order valence-corrected chi connectivity index (χ0v) is 19.3. The van der Waals surface area contributed by atoms with Gasteiger partial charge in [0.2, 0.25) is 0 Å². The van der Waals surface area contributed by atoms with Gasteiger partial charge in [-0.3, -0.25) is 19.5 Å². The number of piperazine rings is 1. The molecule has 2 aliphatic heterocycles. The van der Waals surface area contributed by atoms with Crippen molar-refractivity contribution in [2.75, 3.05) is 49.1 Å². The molecule has 5 rings (SSSR count). The minimum atomic E-state index is -0.391. The van der Waals surface area contributed by atoms with Crippen LogP contribution in [-0.4, -0.2) is 60.8 Å². The van der Waals surface area contributed by atoms with Gasteiger partial charge in [0.25, 0.3) is 11.7 Å². The summed E-state index contributed by atoms with van der Waals surface area (Å²) in [6, 6.07) is 15.3. The lowest BCUT2D eigenvalue weighted by molar-refractivity contribution is -0.114. The van der Waals surface area contributed by atoms with E-state index in [1.54, 1.807) is 17.0 Å². The lowest BCUT2D eigenvalue weighted by atomic mass is 10.1. The first-order chi connectivity index (χ1) is 16.1. The third-order valence-electron chi connectivity index (χ3n) is 6.63. The van der Waals surface area contributed by atoms with Crippen molar-refractivity contribution < 1.29 is 9.59 Å². The monoisotopic (exact) mass is 462 g/mol. The van der Waals surface area contributed by atoms with Crippen LogP contribution in [0.2, 0.25) is 5.02 Å². The maximum atomic E-state index is 12.3. The van der Waals surface area contributed by atoms with Crippen LogP contribution in [0.1, 0.15) is 29.6 Å². The smallest absolute Gasteiger partial charge is 0.299 e. The number of fused-ring (bicyclic) bond motifs is 2. The molecule has 33 heavy (non-hydrogen) atoms. The lowest BCUT2D eigenvalue weighted by Crippen LogP contribution is -2.46. The highest BCUT2D eigenvalue weighted by atomic mass is 35.5. The van der Waals surface area contributed by atoms with Crippen LogP contribution < -0.4 is 9.80 Å². The average Bonchev–Trinajstić information content (AvgIpc) is 3.08. The SMILES string of the molecule is O=C1C(=O)N(CCCCCN2CCN(c3ccnc4cc(Cl)ccc34)CC2)c2ccccc21. The summed E-state index contributed by atoms with van der Waals surface area (Å²) in [5, 5.41) is 1.86. The molecule has 1 amide bonds. The Balaban J connectivity index is 1.07. The Morgan fingerprint density at radius 1 is 0.848 bits per heavy atom. The summed E-state index contributed by atoms with van der Waals surface area (Å²) in [5.74, 6) is -0.772. The summed E-state index contributed by atoms with van der Waals surface area (Å²) < 4.78 is 0. The fourth-order valence-electron chi connectivity index (χ4n) is 4.85. The first kappa shape index (κ1) is 21.9. The number of rotatable bonds is 7. The van der Waals surface area contributed by atoms with Crippen molar-refractivity contribution >= 4 is 45.6 Å². The fraction of sp³-hybridized carbons (Fsp3) is 0.346. The first-order valence-electron chi connectivity index (χ1n) is 11.6. The van der Waals surface area contributed by atoms with Gasteiger partial charge in [0, 0.05) is 55.0 Å². The van der Waals surface area contributed by atoms with Gasteiger partial charge in [0.15, 0.2) is 0 Å². The number of ketones is 1. The van der Waals surface area contributed by atoms with Gasteiger partial charge in [-0.1, -0.05) is 30.2 Å². The molecule has 0 saturated carbocycles. The van der Waals surface area contributed by atoms with Crippen LogP contribution in [0.5, 0.6) is 0 Å². The molecular weight excluding hydrogens is 436 g/mol. The standard InChI is InChI=1S/C26H27ClN4O2/c27-19-8-9-20-22(18-19)28-11-10-23(20)30-16-14-29(15-17-30)12-4-1-5-13-31-24-7-3-2-6-21(24)25(32)26(31)33/h2-3,6-11,18H,1,4-5,12-17H2. The summed E-state index contributed by atoms with van der Waals surface area (Å²) in [6.45, 7) is 5.71. The number of halogens is 1. The molecule has 170 valence electrons. The van der Waals surface area contributed by atoms with Crippen molar-refractivity contribution in [1.82, 2.24) is 9.88 Å². The molecule has 3 heterocycles. The zero-order chi connectivity index (χ0) is 22.8. The fourth-order valence-corrected chi connectivity index (χ4v) is 5.01. The summed E-state index contributed by atoms with van der Waals surface area (Å²) >= 11 is 6.13. The van der Waals surface area contributed by atoms with E-state index in [4.69, 9.17) is 11.6 Å². The van der Waals surface area contributed by atoms with Crippen molar-refractivity contribution in [3.8, 4) is 0 Å². The molecule has 1 fully saturated rings. The van der Waals surface area contributed by atoms with E-state index in [0.717, 1.165) is 68.6 Å². The minimum Gasteiger partial charge on any atom is -0.368 e. The predicted octanol–water partition coefficient (Wildman–Crippen LogP) is 4.41. The Morgan fingerprint density at radius 3 is 2.48 bits per heavy atom. The zero-order valence-electron chi connectivity index (χ0n) is 18.5. The van der Waals surface area contributed by atoms with E-state index in [2.05, 4.69) is 26.9 Å². The van der Waals surface area contributed by atoms with E-state index >= 15 is 0 Å². The average molecular weight is 463 g/mol. The number of Topliss-reactive ketones (excluding diaryl/α,β-unsaturated/α-hetero) is 1. The van der Waals surface area contributed by atoms with Crippen molar-refractivity contribution in [1.29, 1.82) is 0 Å². The summed E-state index contributed by atoms with van der Waals surface area (Å²) in [6.07, 6.45) is 4.89. The van der Waals surface area contributed by atoms with Gasteiger partial charge in [0.05, 0.1) is 16.8 Å². The molecule has 6 nitrogen and oxygen atoms in total. The third-order valence-corrected chi connectivity index (χ3v) is 6.86. The Hall–Kier alpha value is -2.96. The lowest BCUT2D eigenvalue weighted by Gasteiger charge is -2.36. The molecule has 1 saturated heterocycles. The van der Waals surface area contributed by atoms with Crippen molar-refractivity contribution in [3.05, 3.63) is 65.3 Å². The largest absolute Gasteiger partial charge is 0.368 e. The van der Waals surface area contributed by atoms with E-state index in [-0.39, 0.29) is 5.78 Å². The van der Waals surface area contributed by atoms with Crippen LogP contribution in [0.4, 0.5) is 11.4 Å². The number of amides is 1. The molecular formula is C26H27ClN4O2. The number of hydrogen-bond acceptors (Lipinski definition) is 5. The summed E-state index contributed by atoms with van der Waals surface area (Å²) in [4.78, 5) is 35.4. The second kappa shape index (κ2) is 9.49. The molecule has 0 atom stereocenters. The van der Waals surface area contributed by atoms with E-state index in [1.165, 1.54) is 5.69 Å².